The van der Waals surface area contributed by atoms with Gasteiger partial charge in [-0.3, -0.25) is 0 Å². The van der Waals surface area contributed by atoms with Crippen molar-refractivity contribution in [2.45, 2.75) is 27.4 Å². The van der Waals surface area contributed by atoms with Crippen LogP contribution in [0.3, 0.4) is 0 Å². The van der Waals surface area contributed by atoms with Crippen LogP contribution in [0.15, 0.2) is 34.2 Å². The van der Waals surface area contributed by atoms with E-state index in [-0.39, 0.29) is 0 Å². The number of aryl methyl sites for hydroxylation is 3. The molecule has 0 aliphatic carbocycles. The molecule has 0 fully saturated rings. The molecule has 0 amide bonds. The average Bonchev–Trinajstić information content (AvgIpc) is 3.18. The van der Waals surface area contributed by atoms with Crippen LogP contribution in [0.1, 0.15) is 33.3 Å². The van der Waals surface area contributed by atoms with Crippen LogP contribution in [0.2, 0.25) is 0 Å². The van der Waals surface area contributed by atoms with Crippen molar-refractivity contribution in [2.24, 2.45) is 0 Å². The zero-order valence-corrected chi connectivity index (χ0v) is 15.1. The zero-order valence-electron chi connectivity index (χ0n) is 14.2. The predicted molar refractivity (Wildman–Crippen MR) is 97.1 cm³/mol. The maximum absolute atomic E-state index is 9.36. The molecule has 6 heteroatoms. The molecule has 0 N–H and O–H groups in total. The number of hydrogen-bond donors (Lipinski definition) is 0. The van der Waals surface area contributed by atoms with Gasteiger partial charge in [0.15, 0.2) is 0 Å². The molecule has 3 aromatic rings. The van der Waals surface area contributed by atoms with E-state index in [1.54, 1.807) is 0 Å². The standard InChI is InChI=1S/C19H17N3O2S/c1-12-11-25-19(21-12)16(9-20)8-15-4-6-17(7-5-15)23-10-18-13(2)22-24-14(18)3/h4-8,11H,10H2,1-3H3/b16-8+. The maximum atomic E-state index is 9.36. The van der Waals surface area contributed by atoms with Gasteiger partial charge in [0.25, 0.3) is 0 Å². The topological polar surface area (TPSA) is 71.9 Å². The van der Waals surface area contributed by atoms with E-state index in [9.17, 15) is 5.26 Å². The summed E-state index contributed by atoms with van der Waals surface area (Å²) in [5.41, 5.74) is 4.21. The molecule has 0 atom stereocenters. The molecule has 126 valence electrons. The summed E-state index contributed by atoms with van der Waals surface area (Å²) in [6.45, 7) is 6.10. The number of allylic oxidation sites excluding steroid dienone is 1. The Morgan fingerprint density at radius 2 is 2.04 bits per heavy atom. The number of thiazole rings is 1. The molecule has 0 spiro atoms. The monoisotopic (exact) mass is 351 g/mol. The molecule has 0 aliphatic rings. The first kappa shape index (κ1) is 16.9. The van der Waals surface area contributed by atoms with E-state index < -0.39 is 0 Å². The summed E-state index contributed by atoms with van der Waals surface area (Å²) in [5, 5.41) is 15.9. The molecule has 3 rings (SSSR count). The van der Waals surface area contributed by atoms with Gasteiger partial charge < -0.3 is 9.26 Å². The second kappa shape index (κ2) is 7.32. The zero-order chi connectivity index (χ0) is 17.8. The van der Waals surface area contributed by atoms with Crippen LogP contribution in [-0.2, 0) is 6.61 Å². The molecule has 2 heterocycles. The first-order chi connectivity index (χ1) is 12.1. The van der Waals surface area contributed by atoms with E-state index in [0.717, 1.165) is 39.0 Å². The lowest BCUT2D eigenvalue weighted by Crippen LogP contribution is -1.97. The number of aromatic nitrogens is 2. The molecule has 2 aromatic heterocycles. The molecule has 25 heavy (non-hydrogen) atoms. The highest BCUT2D eigenvalue weighted by molar-refractivity contribution is 7.11. The largest absolute Gasteiger partial charge is 0.489 e. The fourth-order valence-corrected chi connectivity index (χ4v) is 3.07. The lowest BCUT2D eigenvalue weighted by atomic mass is 10.1. The minimum atomic E-state index is 0.415. The van der Waals surface area contributed by atoms with Gasteiger partial charge in [-0.05, 0) is 44.5 Å². The first-order valence-corrected chi connectivity index (χ1v) is 8.63. The number of benzene rings is 1. The lowest BCUT2D eigenvalue weighted by Gasteiger charge is -2.06. The van der Waals surface area contributed by atoms with Crippen molar-refractivity contribution in [3.05, 3.63) is 62.9 Å². The second-order valence-electron chi connectivity index (χ2n) is 5.62. The Hall–Kier alpha value is -2.91. The Morgan fingerprint density at radius 3 is 2.60 bits per heavy atom. The van der Waals surface area contributed by atoms with Gasteiger partial charge in [0, 0.05) is 11.1 Å². The molecule has 0 saturated heterocycles. The Labute approximate surface area is 150 Å². The van der Waals surface area contributed by atoms with Gasteiger partial charge in [-0.2, -0.15) is 5.26 Å². The van der Waals surface area contributed by atoms with Crippen LogP contribution >= 0.6 is 11.3 Å². The highest BCUT2D eigenvalue weighted by atomic mass is 32.1. The Balaban J connectivity index is 1.72. The summed E-state index contributed by atoms with van der Waals surface area (Å²) in [6.07, 6.45) is 1.83. The molecule has 0 saturated carbocycles. The molecular weight excluding hydrogens is 334 g/mol. The molecule has 1 aromatic carbocycles. The number of hydrogen-bond acceptors (Lipinski definition) is 6. The van der Waals surface area contributed by atoms with Gasteiger partial charge in [-0.1, -0.05) is 17.3 Å². The Morgan fingerprint density at radius 1 is 1.28 bits per heavy atom. The summed E-state index contributed by atoms with van der Waals surface area (Å²) in [4.78, 5) is 4.36. The molecule has 0 radical (unpaired) electrons. The van der Waals surface area contributed by atoms with Crippen molar-refractivity contribution in [1.82, 2.24) is 10.1 Å². The minimum absolute atomic E-state index is 0.415. The van der Waals surface area contributed by atoms with Gasteiger partial charge in [0.1, 0.15) is 29.2 Å². The number of ether oxygens (including phenoxy) is 1. The highest BCUT2D eigenvalue weighted by Crippen LogP contribution is 2.23. The SMILES string of the molecule is Cc1csc(/C(C#N)=C/c2ccc(OCc3c(C)noc3C)cc2)n1. The molecule has 0 unspecified atom stereocenters. The van der Waals surface area contributed by atoms with E-state index in [0.29, 0.717) is 12.2 Å². The summed E-state index contributed by atoms with van der Waals surface area (Å²) in [6, 6.07) is 9.81. The van der Waals surface area contributed by atoms with Crippen molar-refractivity contribution < 1.29 is 9.26 Å². The third kappa shape index (κ3) is 3.95. The summed E-state index contributed by atoms with van der Waals surface area (Å²) < 4.78 is 10.9. The number of nitrogens with zero attached hydrogens (tertiary/aromatic N) is 3. The highest BCUT2D eigenvalue weighted by Gasteiger charge is 2.09. The van der Waals surface area contributed by atoms with Crippen LogP contribution in [0.4, 0.5) is 0 Å². The van der Waals surface area contributed by atoms with Crippen LogP contribution in [0.5, 0.6) is 5.75 Å². The number of rotatable bonds is 5. The van der Waals surface area contributed by atoms with Crippen LogP contribution in [0.25, 0.3) is 11.6 Å². The van der Waals surface area contributed by atoms with Crippen molar-refractivity contribution in [2.75, 3.05) is 0 Å². The van der Waals surface area contributed by atoms with Crippen molar-refractivity contribution in [3.8, 4) is 11.8 Å². The van der Waals surface area contributed by atoms with Gasteiger partial charge in [-0.25, -0.2) is 4.98 Å². The van der Waals surface area contributed by atoms with Gasteiger partial charge >= 0.3 is 0 Å². The van der Waals surface area contributed by atoms with E-state index in [1.165, 1.54) is 11.3 Å². The molecular formula is C19H17N3O2S. The van der Waals surface area contributed by atoms with Gasteiger partial charge in [0.2, 0.25) is 0 Å². The first-order valence-electron chi connectivity index (χ1n) is 7.75. The average molecular weight is 351 g/mol. The van der Waals surface area contributed by atoms with E-state index >= 15 is 0 Å². The van der Waals surface area contributed by atoms with E-state index in [1.807, 2.05) is 56.5 Å². The third-order valence-electron chi connectivity index (χ3n) is 3.73. The fourth-order valence-electron chi connectivity index (χ4n) is 2.31. The van der Waals surface area contributed by atoms with Crippen molar-refractivity contribution >= 4 is 23.0 Å². The summed E-state index contributed by atoms with van der Waals surface area (Å²) in [7, 11) is 0. The second-order valence-corrected chi connectivity index (χ2v) is 6.48. The van der Waals surface area contributed by atoms with Crippen molar-refractivity contribution in [3.63, 3.8) is 0 Å². The Kier molecular flexibility index (Phi) is 4.96. The predicted octanol–water partition coefficient (Wildman–Crippen LogP) is 4.70. The smallest absolute Gasteiger partial charge is 0.140 e. The van der Waals surface area contributed by atoms with Gasteiger partial charge in [0.05, 0.1) is 16.8 Å². The fraction of sp³-hybridized carbons (Fsp3) is 0.211. The quantitative estimate of drug-likeness (QED) is 0.623. The van der Waals surface area contributed by atoms with E-state index in [2.05, 4.69) is 16.2 Å². The number of nitriles is 1. The van der Waals surface area contributed by atoms with E-state index in [4.69, 9.17) is 9.26 Å². The van der Waals surface area contributed by atoms with Gasteiger partial charge in [-0.15, -0.1) is 11.3 Å². The minimum Gasteiger partial charge on any atom is -0.489 e. The summed E-state index contributed by atoms with van der Waals surface area (Å²) >= 11 is 1.47. The van der Waals surface area contributed by atoms with Crippen LogP contribution in [-0.4, -0.2) is 10.1 Å². The normalized spacial score (nSPS) is 11.4. The molecule has 0 aliphatic heterocycles. The summed E-state index contributed by atoms with van der Waals surface area (Å²) in [5.74, 6) is 1.52. The van der Waals surface area contributed by atoms with Crippen LogP contribution < -0.4 is 4.74 Å². The molecule has 5 nitrogen and oxygen atoms in total. The van der Waals surface area contributed by atoms with Crippen molar-refractivity contribution in [1.29, 1.82) is 5.26 Å². The third-order valence-corrected chi connectivity index (χ3v) is 4.72. The lowest BCUT2D eigenvalue weighted by molar-refractivity contribution is 0.301. The Bertz CT molecular complexity index is 926. The molecule has 0 bridgehead atoms. The maximum Gasteiger partial charge on any atom is 0.140 e. The van der Waals surface area contributed by atoms with Crippen LogP contribution in [0, 0.1) is 32.1 Å².